The largest absolute Gasteiger partial charge is 0.454 e. The van der Waals surface area contributed by atoms with Crippen molar-refractivity contribution in [2.45, 2.75) is 65.1 Å². The molecular formula is C26H38N2O6. The monoisotopic (exact) mass is 474 g/mol. The summed E-state index contributed by atoms with van der Waals surface area (Å²) in [4.78, 5) is 25.2. The van der Waals surface area contributed by atoms with E-state index in [1.165, 1.54) is 7.11 Å². The third-order valence-corrected chi connectivity index (χ3v) is 8.47. The average Bonchev–Trinajstić information content (AvgIpc) is 3.27. The number of benzene rings is 1. The number of rotatable bonds is 7. The van der Waals surface area contributed by atoms with Crippen molar-refractivity contribution >= 4 is 11.8 Å². The van der Waals surface area contributed by atoms with E-state index in [2.05, 4.69) is 24.5 Å². The van der Waals surface area contributed by atoms with Crippen LogP contribution in [0.5, 0.6) is 11.5 Å². The fourth-order valence-electron chi connectivity index (χ4n) is 6.47. The van der Waals surface area contributed by atoms with Gasteiger partial charge in [0.05, 0.1) is 6.10 Å². The summed E-state index contributed by atoms with van der Waals surface area (Å²) in [5.41, 5.74) is 0.956. The Morgan fingerprint density at radius 3 is 2.74 bits per heavy atom. The SMILES string of the molecule is COCC(=O)N[C@H]1CC[C@@]2(C)CC[C@H]([C@H](C)C(=O)NCc3ccc4c(c3)OCO4)[C@H](O)[C@H]2[C@H]1C. The van der Waals surface area contributed by atoms with Gasteiger partial charge in [-0.15, -0.1) is 0 Å². The summed E-state index contributed by atoms with van der Waals surface area (Å²) in [7, 11) is 1.51. The van der Waals surface area contributed by atoms with Crippen molar-refractivity contribution in [1.82, 2.24) is 10.6 Å². The Morgan fingerprint density at radius 1 is 1.24 bits per heavy atom. The molecule has 0 saturated heterocycles. The van der Waals surface area contributed by atoms with Crippen LogP contribution in [0.1, 0.15) is 52.0 Å². The van der Waals surface area contributed by atoms with Gasteiger partial charge in [-0.25, -0.2) is 0 Å². The summed E-state index contributed by atoms with van der Waals surface area (Å²) in [5.74, 6) is 0.934. The molecule has 188 valence electrons. The Hall–Kier alpha value is -2.32. The third-order valence-electron chi connectivity index (χ3n) is 8.47. The van der Waals surface area contributed by atoms with Gasteiger partial charge >= 0.3 is 0 Å². The average molecular weight is 475 g/mol. The number of aliphatic hydroxyl groups is 1. The molecule has 3 aliphatic rings. The number of amides is 2. The highest BCUT2D eigenvalue weighted by Gasteiger charge is 2.53. The lowest BCUT2D eigenvalue weighted by Gasteiger charge is -2.56. The van der Waals surface area contributed by atoms with Gasteiger partial charge in [-0.1, -0.05) is 26.8 Å². The van der Waals surface area contributed by atoms with Gasteiger partial charge in [0.2, 0.25) is 18.6 Å². The molecule has 7 atom stereocenters. The number of nitrogens with one attached hydrogen (secondary N) is 2. The fraction of sp³-hybridized carbons (Fsp3) is 0.692. The van der Waals surface area contributed by atoms with Crippen LogP contribution in [0.4, 0.5) is 0 Å². The van der Waals surface area contributed by atoms with Crippen LogP contribution in [0.2, 0.25) is 0 Å². The molecule has 0 radical (unpaired) electrons. The minimum Gasteiger partial charge on any atom is -0.454 e. The minimum atomic E-state index is -0.595. The Bertz CT molecular complexity index is 907. The highest BCUT2D eigenvalue weighted by molar-refractivity contribution is 5.79. The number of fused-ring (bicyclic) bond motifs is 2. The summed E-state index contributed by atoms with van der Waals surface area (Å²) in [5, 5.41) is 17.6. The molecule has 3 N–H and O–H groups in total. The number of carbonyl (C=O) groups is 2. The van der Waals surface area contributed by atoms with E-state index in [0.717, 1.165) is 37.0 Å². The standard InChI is InChI=1S/C26H38N2O6/c1-15(25(31)27-12-17-5-6-20-21(11-17)34-14-33-20)18-7-9-26(3)10-8-19(28-22(29)13-32-4)16(2)23(26)24(18)30/h5-6,11,15-16,18-19,23-24,30H,7-10,12-14H2,1-4H3,(H,27,31)(H,28,29)/t15-,16-,18+,19-,23+,24-,26+/m0/s1. The summed E-state index contributed by atoms with van der Waals surface area (Å²) in [6.45, 7) is 6.94. The van der Waals surface area contributed by atoms with Crippen molar-refractivity contribution < 1.29 is 28.9 Å². The van der Waals surface area contributed by atoms with E-state index in [1.54, 1.807) is 0 Å². The lowest BCUT2D eigenvalue weighted by molar-refractivity contribution is -0.144. The predicted molar refractivity (Wildman–Crippen MR) is 126 cm³/mol. The summed E-state index contributed by atoms with van der Waals surface area (Å²) in [6, 6.07) is 5.66. The molecule has 2 saturated carbocycles. The lowest BCUT2D eigenvalue weighted by atomic mass is 9.51. The molecule has 8 nitrogen and oxygen atoms in total. The van der Waals surface area contributed by atoms with Gasteiger partial charge in [0.1, 0.15) is 6.61 Å². The zero-order valence-corrected chi connectivity index (χ0v) is 20.6. The molecule has 1 aromatic carbocycles. The van der Waals surface area contributed by atoms with Crippen LogP contribution in [0.25, 0.3) is 0 Å². The molecule has 2 amide bonds. The van der Waals surface area contributed by atoms with Crippen molar-refractivity contribution in [3.63, 3.8) is 0 Å². The Balaban J connectivity index is 1.39. The normalized spacial score (nSPS) is 33.0. The van der Waals surface area contributed by atoms with Gasteiger partial charge in [0.25, 0.3) is 0 Å². The maximum atomic E-state index is 13.0. The number of hydrogen-bond donors (Lipinski definition) is 3. The maximum absolute atomic E-state index is 13.0. The van der Waals surface area contributed by atoms with Crippen LogP contribution in [-0.2, 0) is 20.9 Å². The van der Waals surface area contributed by atoms with Crippen LogP contribution in [0.15, 0.2) is 18.2 Å². The number of hydrogen-bond acceptors (Lipinski definition) is 6. The topological polar surface area (TPSA) is 106 Å². The van der Waals surface area contributed by atoms with Crippen LogP contribution >= 0.6 is 0 Å². The molecule has 2 aliphatic carbocycles. The van der Waals surface area contributed by atoms with E-state index >= 15 is 0 Å². The molecule has 1 heterocycles. The molecule has 0 unspecified atom stereocenters. The van der Waals surface area contributed by atoms with Crippen LogP contribution in [0.3, 0.4) is 0 Å². The van der Waals surface area contributed by atoms with E-state index in [4.69, 9.17) is 14.2 Å². The van der Waals surface area contributed by atoms with Crippen molar-refractivity contribution in [3.05, 3.63) is 23.8 Å². The molecule has 0 bridgehead atoms. The van der Waals surface area contributed by atoms with E-state index < -0.39 is 6.10 Å². The quantitative estimate of drug-likeness (QED) is 0.561. The van der Waals surface area contributed by atoms with E-state index in [1.807, 2.05) is 25.1 Å². The molecule has 1 aliphatic heterocycles. The fourth-order valence-corrected chi connectivity index (χ4v) is 6.47. The second-order valence-electron chi connectivity index (χ2n) is 10.6. The first-order valence-corrected chi connectivity index (χ1v) is 12.4. The maximum Gasteiger partial charge on any atom is 0.246 e. The summed E-state index contributed by atoms with van der Waals surface area (Å²) < 4.78 is 15.7. The van der Waals surface area contributed by atoms with Crippen molar-refractivity contribution in [3.8, 4) is 11.5 Å². The molecule has 0 aromatic heterocycles. The number of ether oxygens (including phenoxy) is 3. The first-order valence-electron chi connectivity index (χ1n) is 12.4. The Morgan fingerprint density at radius 2 is 1.97 bits per heavy atom. The second-order valence-corrected chi connectivity index (χ2v) is 10.6. The van der Waals surface area contributed by atoms with Crippen LogP contribution < -0.4 is 20.1 Å². The lowest BCUT2D eigenvalue weighted by Crippen LogP contribution is -2.58. The van der Waals surface area contributed by atoms with Gasteiger partial charge in [-0.3, -0.25) is 9.59 Å². The van der Waals surface area contributed by atoms with Crippen LogP contribution in [-0.4, -0.2) is 49.6 Å². The number of methoxy groups -OCH3 is 1. The van der Waals surface area contributed by atoms with Gasteiger partial charge in [-0.2, -0.15) is 0 Å². The zero-order valence-electron chi connectivity index (χ0n) is 20.6. The highest BCUT2D eigenvalue weighted by atomic mass is 16.7. The second kappa shape index (κ2) is 10.1. The summed E-state index contributed by atoms with van der Waals surface area (Å²) >= 11 is 0. The number of carbonyl (C=O) groups excluding carboxylic acids is 2. The van der Waals surface area contributed by atoms with Gasteiger partial charge in [0.15, 0.2) is 11.5 Å². The third kappa shape index (κ3) is 4.89. The highest BCUT2D eigenvalue weighted by Crippen LogP contribution is 2.55. The summed E-state index contributed by atoms with van der Waals surface area (Å²) in [6.07, 6.45) is 3.05. The molecule has 1 aromatic rings. The molecule has 2 fully saturated rings. The first-order chi connectivity index (χ1) is 16.2. The van der Waals surface area contributed by atoms with Crippen molar-refractivity contribution in [2.75, 3.05) is 20.5 Å². The molecule has 0 spiro atoms. The van der Waals surface area contributed by atoms with E-state index in [-0.39, 0.29) is 60.3 Å². The van der Waals surface area contributed by atoms with Gasteiger partial charge in [0, 0.05) is 25.6 Å². The predicted octanol–water partition coefficient (Wildman–Crippen LogP) is 2.62. The van der Waals surface area contributed by atoms with E-state index in [0.29, 0.717) is 12.3 Å². The Labute approximate surface area is 201 Å². The first kappa shape index (κ1) is 24.8. The molecular weight excluding hydrogens is 436 g/mol. The van der Waals surface area contributed by atoms with E-state index in [9.17, 15) is 14.7 Å². The molecule has 8 heteroatoms. The Kier molecular flexibility index (Phi) is 7.38. The smallest absolute Gasteiger partial charge is 0.246 e. The number of aliphatic hydroxyl groups excluding tert-OH is 1. The van der Waals surface area contributed by atoms with Gasteiger partial charge < -0.3 is 30.0 Å². The van der Waals surface area contributed by atoms with Crippen molar-refractivity contribution in [1.29, 1.82) is 0 Å². The molecule has 4 rings (SSSR count). The molecule has 34 heavy (non-hydrogen) atoms. The van der Waals surface area contributed by atoms with Crippen LogP contribution in [0, 0.1) is 29.1 Å². The van der Waals surface area contributed by atoms with Gasteiger partial charge in [-0.05, 0) is 66.5 Å². The zero-order chi connectivity index (χ0) is 24.5. The van der Waals surface area contributed by atoms with Crippen molar-refractivity contribution in [2.24, 2.45) is 29.1 Å². The minimum absolute atomic E-state index is 0.00395.